The minimum Gasteiger partial charge on any atom is -0.435 e. The second-order valence-corrected chi connectivity index (χ2v) is 11.4. The van der Waals surface area contributed by atoms with Gasteiger partial charge in [-0.3, -0.25) is 9.89 Å². The number of nitrogens with zero attached hydrogens (tertiary/aromatic N) is 4. The molecule has 0 unspecified atom stereocenters. The van der Waals surface area contributed by atoms with Crippen LogP contribution in [-0.4, -0.2) is 69.8 Å². The van der Waals surface area contributed by atoms with Crippen molar-refractivity contribution in [2.45, 2.75) is 76.2 Å². The van der Waals surface area contributed by atoms with Crippen molar-refractivity contribution in [3.63, 3.8) is 0 Å². The van der Waals surface area contributed by atoms with Crippen LogP contribution < -0.4 is 15.6 Å². The van der Waals surface area contributed by atoms with Crippen molar-refractivity contribution in [2.24, 2.45) is 11.0 Å². The highest BCUT2D eigenvalue weighted by Gasteiger charge is 2.47. The highest BCUT2D eigenvalue weighted by molar-refractivity contribution is 6.35. The lowest BCUT2D eigenvalue weighted by Crippen LogP contribution is -2.52. The summed E-state index contributed by atoms with van der Waals surface area (Å²) in [6.07, 6.45) is 6.18. The number of ether oxygens (including phenoxy) is 2. The third kappa shape index (κ3) is 4.73. The number of hydrazone groups is 1. The second-order valence-electron chi connectivity index (χ2n) is 11.0. The Labute approximate surface area is 225 Å². The predicted octanol–water partition coefficient (Wildman–Crippen LogP) is 3.33. The van der Waals surface area contributed by atoms with E-state index in [0.29, 0.717) is 53.4 Å². The summed E-state index contributed by atoms with van der Waals surface area (Å²) in [6.45, 7) is 5.40. The molecule has 1 spiro atoms. The summed E-state index contributed by atoms with van der Waals surface area (Å²) in [5.74, 6) is 1.01. The molecule has 3 atom stereocenters. The number of halogens is 1. The number of carbonyl (C=O) groups excluding carboxylic acids is 2. The maximum Gasteiger partial charge on any atom is 0.428 e. The summed E-state index contributed by atoms with van der Waals surface area (Å²) < 4.78 is 11.6. The first-order chi connectivity index (χ1) is 18.3. The molecule has 6 rings (SSSR count). The predicted molar refractivity (Wildman–Crippen MR) is 140 cm³/mol. The Morgan fingerprint density at radius 3 is 2.82 bits per heavy atom. The molecular formula is C26H32ClN7O4. The summed E-state index contributed by atoms with van der Waals surface area (Å²) in [4.78, 5) is 31.7. The van der Waals surface area contributed by atoms with E-state index in [4.69, 9.17) is 26.1 Å². The van der Waals surface area contributed by atoms with Crippen molar-refractivity contribution in [1.29, 1.82) is 0 Å². The molecule has 3 N–H and O–H groups in total. The Kier molecular flexibility index (Phi) is 6.51. The topological polar surface area (TPSA) is 134 Å². The van der Waals surface area contributed by atoms with Crippen LogP contribution in [0.5, 0.6) is 0 Å². The number of anilines is 1. The molecule has 2 aromatic rings. The Morgan fingerprint density at radius 2 is 2.16 bits per heavy atom. The fourth-order valence-corrected chi connectivity index (χ4v) is 6.54. The number of carbonyl (C=O) groups is 2. The maximum absolute atomic E-state index is 12.5. The molecule has 2 saturated heterocycles. The number of hydrogen-bond acceptors (Lipinski definition) is 8. The van der Waals surface area contributed by atoms with Gasteiger partial charge in [0.05, 0.1) is 23.8 Å². The molecule has 4 aliphatic rings. The van der Waals surface area contributed by atoms with Crippen molar-refractivity contribution in [3.8, 4) is 0 Å². The molecule has 0 radical (unpaired) electrons. The van der Waals surface area contributed by atoms with Crippen LogP contribution in [0.15, 0.2) is 23.4 Å². The number of fused-ring (bicyclic) bond motifs is 2. The highest BCUT2D eigenvalue weighted by atomic mass is 35.5. The Hall–Kier alpha value is -3.18. The summed E-state index contributed by atoms with van der Waals surface area (Å²) in [7, 11) is 0. The molecule has 3 aliphatic heterocycles. The van der Waals surface area contributed by atoms with Crippen LogP contribution in [0, 0.1) is 12.8 Å². The standard InChI is InChI=1S/C26H32ClN7O4/c1-14(29-24(35)21-8-15(2)30-31-21)7-16-3-5-26(6-4-16)23(32-33-25(36)38-26)19-11-28-22(10-20(19)27)34-12-18-9-17(34)13-37-18/h8,10-11,14,16-18H,3-7,9,12-13H2,1-2H3,(H,29,35)(H,30,31)(H,33,36)/t14-,16?,17-,18-,26?/m0/s1. The van der Waals surface area contributed by atoms with Gasteiger partial charge in [-0.1, -0.05) is 11.6 Å². The van der Waals surface area contributed by atoms with Crippen LogP contribution in [0.4, 0.5) is 10.6 Å². The smallest absolute Gasteiger partial charge is 0.428 e. The zero-order valence-electron chi connectivity index (χ0n) is 21.5. The number of amides is 2. The maximum atomic E-state index is 12.5. The van der Waals surface area contributed by atoms with Crippen LogP contribution in [-0.2, 0) is 9.47 Å². The Balaban J connectivity index is 1.12. The molecular weight excluding hydrogens is 510 g/mol. The van der Waals surface area contributed by atoms with Gasteiger partial charge in [0, 0.05) is 30.0 Å². The average molecular weight is 542 g/mol. The number of aromatic amines is 1. The fourth-order valence-electron chi connectivity index (χ4n) is 6.30. The zero-order chi connectivity index (χ0) is 26.4. The van der Waals surface area contributed by atoms with Crippen LogP contribution in [0.1, 0.15) is 67.2 Å². The van der Waals surface area contributed by atoms with Gasteiger partial charge in [-0.2, -0.15) is 10.2 Å². The molecule has 5 heterocycles. The Bertz CT molecular complexity index is 1270. The van der Waals surface area contributed by atoms with E-state index in [1.807, 2.05) is 19.9 Å². The monoisotopic (exact) mass is 541 g/mol. The molecule has 202 valence electrons. The lowest BCUT2D eigenvalue weighted by atomic mass is 9.73. The molecule has 2 amide bonds. The van der Waals surface area contributed by atoms with E-state index in [9.17, 15) is 9.59 Å². The number of morpholine rings is 1. The van der Waals surface area contributed by atoms with E-state index < -0.39 is 11.7 Å². The number of pyridine rings is 1. The first-order valence-electron chi connectivity index (χ1n) is 13.2. The van der Waals surface area contributed by atoms with Crippen LogP contribution >= 0.6 is 11.6 Å². The van der Waals surface area contributed by atoms with Gasteiger partial charge in [-0.05, 0) is 70.4 Å². The first-order valence-corrected chi connectivity index (χ1v) is 13.6. The Morgan fingerprint density at radius 1 is 1.34 bits per heavy atom. The van der Waals surface area contributed by atoms with E-state index in [0.717, 1.165) is 43.7 Å². The van der Waals surface area contributed by atoms with Gasteiger partial charge in [0.15, 0.2) is 5.60 Å². The molecule has 0 aromatic carbocycles. The van der Waals surface area contributed by atoms with E-state index in [-0.39, 0.29) is 18.1 Å². The van der Waals surface area contributed by atoms with E-state index in [2.05, 4.69) is 30.9 Å². The lowest BCUT2D eigenvalue weighted by molar-refractivity contribution is 0.0154. The lowest BCUT2D eigenvalue weighted by Gasteiger charge is -2.42. The number of aromatic nitrogens is 3. The van der Waals surface area contributed by atoms with Gasteiger partial charge in [0.1, 0.15) is 17.2 Å². The first kappa shape index (κ1) is 25.1. The van der Waals surface area contributed by atoms with Crippen LogP contribution in [0.2, 0.25) is 5.02 Å². The van der Waals surface area contributed by atoms with Gasteiger partial charge >= 0.3 is 6.09 Å². The van der Waals surface area contributed by atoms with Crippen molar-refractivity contribution < 1.29 is 19.1 Å². The molecule has 2 bridgehead atoms. The van der Waals surface area contributed by atoms with Crippen LogP contribution in [0.25, 0.3) is 0 Å². The summed E-state index contributed by atoms with van der Waals surface area (Å²) in [5, 5.41) is 14.8. The SMILES string of the molecule is Cc1cc(C(=O)N[C@@H](C)CC2CCC3(CC2)OC(=O)NN=C3c2cnc(N3C[C@@H]4C[C@H]3CO4)cc2Cl)n[nH]1. The van der Waals surface area contributed by atoms with Crippen molar-refractivity contribution in [1.82, 2.24) is 25.9 Å². The van der Waals surface area contributed by atoms with Gasteiger partial charge < -0.3 is 19.7 Å². The zero-order valence-corrected chi connectivity index (χ0v) is 22.3. The summed E-state index contributed by atoms with van der Waals surface area (Å²) in [5.41, 5.74) is 4.12. The average Bonchev–Trinajstić information content (AvgIpc) is 3.64. The molecule has 12 heteroatoms. The number of H-pyrrole nitrogens is 1. The van der Waals surface area contributed by atoms with E-state index >= 15 is 0 Å². The number of rotatable bonds is 6. The van der Waals surface area contributed by atoms with Gasteiger partial charge in [-0.15, -0.1) is 0 Å². The fraction of sp³-hybridized carbons (Fsp3) is 0.577. The van der Waals surface area contributed by atoms with E-state index in [1.165, 1.54) is 0 Å². The number of aryl methyl sites for hydroxylation is 1. The van der Waals surface area contributed by atoms with Gasteiger partial charge in [0.25, 0.3) is 5.91 Å². The van der Waals surface area contributed by atoms with Crippen molar-refractivity contribution in [3.05, 3.63) is 40.3 Å². The molecule has 11 nitrogen and oxygen atoms in total. The van der Waals surface area contributed by atoms with Crippen molar-refractivity contribution >= 4 is 35.1 Å². The van der Waals surface area contributed by atoms with E-state index in [1.54, 1.807) is 12.3 Å². The second kappa shape index (κ2) is 9.85. The third-order valence-corrected chi connectivity index (χ3v) is 8.50. The molecule has 38 heavy (non-hydrogen) atoms. The quantitative estimate of drug-likeness (QED) is 0.510. The number of nitrogens with one attached hydrogen (secondary N) is 3. The summed E-state index contributed by atoms with van der Waals surface area (Å²) >= 11 is 6.79. The van der Waals surface area contributed by atoms with Gasteiger partial charge in [0.2, 0.25) is 0 Å². The number of hydrogen-bond donors (Lipinski definition) is 3. The molecule has 2 aromatic heterocycles. The minimum atomic E-state index is -0.856. The van der Waals surface area contributed by atoms with Gasteiger partial charge in [-0.25, -0.2) is 15.2 Å². The molecule has 1 saturated carbocycles. The third-order valence-electron chi connectivity index (χ3n) is 8.18. The van der Waals surface area contributed by atoms with Crippen LogP contribution in [0.3, 0.4) is 0 Å². The summed E-state index contributed by atoms with van der Waals surface area (Å²) in [6, 6.07) is 3.93. The normalized spacial score (nSPS) is 29.1. The minimum absolute atomic E-state index is 0.0142. The largest absolute Gasteiger partial charge is 0.435 e. The molecule has 3 fully saturated rings. The highest BCUT2D eigenvalue weighted by Crippen LogP contribution is 2.42. The molecule has 1 aliphatic carbocycles. The van der Waals surface area contributed by atoms with Crippen molar-refractivity contribution in [2.75, 3.05) is 18.1 Å².